The van der Waals surface area contributed by atoms with Gasteiger partial charge in [-0.1, -0.05) is 24.3 Å². The molecule has 0 saturated heterocycles. The minimum atomic E-state index is 0.801. The Kier molecular flexibility index (Phi) is 3.33. The molecule has 0 aliphatic rings. The molecule has 2 aromatic carbocycles. The fourth-order valence-corrected chi connectivity index (χ4v) is 1.84. The SMILES string of the molecule is Cc1cccc(NCc2cccc(N)c2)c1C. The fraction of sp³-hybridized carbons (Fsp3) is 0.200. The van der Waals surface area contributed by atoms with E-state index in [1.807, 2.05) is 18.2 Å². The first kappa shape index (κ1) is 11.5. The molecule has 2 aromatic rings. The molecular formula is C15H18N2. The van der Waals surface area contributed by atoms with E-state index in [-0.39, 0.29) is 0 Å². The van der Waals surface area contributed by atoms with Gasteiger partial charge in [0, 0.05) is 17.9 Å². The van der Waals surface area contributed by atoms with Crippen molar-refractivity contribution in [2.24, 2.45) is 0 Å². The van der Waals surface area contributed by atoms with Gasteiger partial charge in [0.2, 0.25) is 0 Å². The van der Waals surface area contributed by atoms with Crippen LogP contribution in [0.2, 0.25) is 0 Å². The van der Waals surface area contributed by atoms with Crippen LogP contribution in [0, 0.1) is 13.8 Å². The Bertz CT molecular complexity index is 518. The number of benzene rings is 2. The van der Waals surface area contributed by atoms with Crippen molar-refractivity contribution in [2.45, 2.75) is 20.4 Å². The highest BCUT2D eigenvalue weighted by atomic mass is 14.9. The highest BCUT2D eigenvalue weighted by molar-refractivity contribution is 5.54. The molecule has 0 spiro atoms. The van der Waals surface area contributed by atoms with Crippen LogP contribution in [0.15, 0.2) is 42.5 Å². The summed E-state index contributed by atoms with van der Waals surface area (Å²) in [4.78, 5) is 0. The van der Waals surface area contributed by atoms with Crippen LogP contribution >= 0.6 is 0 Å². The van der Waals surface area contributed by atoms with E-state index in [0.717, 1.165) is 12.2 Å². The lowest BCUT2D eigenvalue weighted by Crippen LogP contribution is -2.02. The molecule has 0 amide bonds. The van der Waals surface area contributed by atoms with Crippen molar-refractivity contribution in [3.05, 3.63) is 59.2 Å². The van der Waals surface area contributed by atoms with E-state index in [4.69, 9.17) is 5.73 Å². The number of hydrogen-bond donors (Lipinski definition) is 2. The fourth-order valence-electron chi connectivity index (χ4n) is 1.84. The van der Waals surface area contributed by atoms with Crippen LogP contribution in [0.4, 0.5) is 11.4 Å². The third-order valence-corrected chi connectivity index (χ3v) is 3.04. The Balaban J connectivity index is 2.10. The van der Waals surface area contributed by atoms with Gasteiger partial charge in [0.15, 0.2) is 0 Å². The van der Waals surface area contributed by atoms with Crippen molar-refractivity contribution in [1.29, 1.82) is 0 Å². The highest BCUT2D eigenvalue weighted by Gasteiger charge is 2.00. The zero-order valence-electron chi connectivity index (χ0n) is 10.3. The van der Waals surface area contributed by atoms with Gasteiger partial charge in [-0.25, -0.2) is 0 Å². The van der Waals surface area contributed by atoms with E-state index in [1.165, 1.54) is 22.4 Å². The van der Waals surface area contributed by atoms with Gasteiger partial charge >= 0.3 is 0 Å². The average molecular weight is 226 g/mol. The standard InChI is InChI=1S/C15H18N2/c1-11-5-3-8-15(12(11)2)17-10-13-6-4-7-14(16)9-13/h3-9,17H,10,16H2,1-2H3. The summed E-state index contributed by atoms with van der Waals surface area (Å²) >= 11 is 0. The first-order valence-electron chi connectivity index (χ1n) is 5.81. The van der Waals surface area contributed by atoms with Gasteiger partial charge in [-0.2, -0.15) is 0 Å². The first-order valence-corrected chi connectivity index (χ1v) is 5.81. The summed E-state index contributed by atoms with van der Waals surface area (Å²) in [6, 6.07) is 14.3. The Morgan fingerprint density at radius 1 is 1.06 bits per heavy atom. The molecule has 0 aromatic heterocycles. The number of nitrogens with one attached hydrogen (secondary N) is 1. The monoisotopic (exact) mass is 226 g/mol. The molecule has 0 aliphatic heterocycles. The molecule has 0 radical (unpaired) electrons. The van der Waals surface area contributed by atoms with Crippen molar-refractivity contribution in [3.8, 4) is 0 Å². The number of anilines is 2. The second-order valence-corrected chi connectivity index (χ2v) is 4.35. The van der Waals surface area contributed by atoms with Crippen molar-refractivity contribution >= 4 is 11.4 Å². The summed E-state index contributed by atoms with van der Waals surface area (Å²) in [5.41, 5.74) is 11.6. The van der Waals surface area contributed by atoms with Gasteiger partial charge in [0.1, 0.15) is 0 Å². The molecule has 2 nitrogen and oxygen atoms in total. The van der Waals surface area contributed by atoms with Crippen LogP contribution in [0.3, 0.4) is 0 Å². The van der Waals surface area contributed by atoms with Crippen LogP contribution in [0.5, 0.6) is 0 Å². The molecule has 0 unspecified atom stereocenters. The lowest BCUT2D eigenvalue weighted by atomic mass is 10.1. The largest absolute Gasteiger partial charge is 0.399 e. The summed E-state index contributed by atoms with van der Waals surface area (Å²) in [7, 11) is 0. The van der Waals surface area contributed by atoms with Crippen molar-refractivity contribution < 1.29 is 0 Å². The molecule has 0 saturated carbocycles. The first-order chi connectivity index (χ1) is 8.16. The average Bonchev–Trinajstić information content (AvgIpc) is 2.31. The van der Waals surface area contributed by atoms with E-state index >= 15 is 0 Å². The van der Waals surface area contributed by atoms with Gasteiger partial charge in [-0.3, -0.25) is 0 Å². The number of rotatable bonds is 3. The van der Waals surface area contributed by atoms with Crippen LogP contribution < -0.4 is 11.1 Å². The maximum Gasteiger partial charge on any atom is 0.0401 e. The second kappa shape index (κ2) is 4.91. The van der Waals surface area contributed by atoms with Crippen LogP contribution in [-0.2, 0) is 6.54 Å². The summed E-state index contributed by atoms with van der Waals surface area (Å²) < 4.78 is 0. The third kappa shape index (κ3) is 2.78. The van der Waals surface area contributed by atoms with Gasteiger partial charge in [0.05, 0.1) is 0 Å². The third-order valence-electron chi connectivity index (χ3n) is 3.04. The maximum atomic E-state index is 5.75. The van der Waals surface area contributed by atoms with E-state index in [1.54, 1.807) is 0 Å². The van der Waals surface area contributed by atoms with Crippen molar-refractivity contribution in [3.63, 3.8) is 0 Å². The van der Waals surface area contributed by atoms with Gasteiger partial charge in [0.25, 0.3) is 0 Å². The Hall–Kier alpha value is -1.96. The van der Waals surface area contributed by atoms with E-state index < -0.39 is 0 Å². The summed E-state index contributed by atoms with van der Waals surface area (Å²) in [5, 5.41) is 3.44. The smallest absolute Gasteiger partial charge is 0.0401 e. The Morgan fingerprint density at radius 3 is 2.59 bits per heavy atom. The Labute approximate surface area is 102 Å². The summed E-state index contributed by atoms with van der Waals surface area (Å²) in [5.74, 6) is 0. The minimum absolute atomic E-state index is 0.801. The predicted octanol–water partition coefficient (Wildman–Crippen LogP) is 3.50. The number of nitrogen functional groups attached to an aromatic ring is 1. The van der Waals surface area contributed by atoms with E-state index in [0.29, 0.717) is 0 Å². The molecule has 2 rings (SSSR count). The number of aryl methyl sites for hydroxylation is 1. The summed E-state index contributed by atoms with van der Waals surface area (Å²) in [6.07, 6.45) is 0. The molecule has 88 valence electrons. The number of nitrogens with two attached hydrogens (primary N) is 1. The van der Waals surface area contributed by atoms with Gasteiger partial charge in [-0.15, -0.1) is 0 Å². The minimum Gasteiger partial charge on any atom is -0.399 e. The second-order valence-electron chi connectivity index (χ2n) is 4.35. The Morgan fingerprint density at radius 2 is 1.82 bits per heavy atom. The van der Waals surface area contributed by atoms with Crippen LogP contribution in [0.1, 0.15) is 16.7 Å². The number of hydrogen-bond acceptors (Lipinski definition) is 2. The molecule has 0 fully saturated rings. The van der Waals surface area contributed by atoms with E-state index in [2.05, 4.69) is 43.4 Å². The molecular weight excluding hydrogens is 208 g/mol. The quantitative estimate of drug-likeness (QED) is 0.786. The summed E-state index contributed by atoms with van der Waals surface area (Å²) in [6.45, 7) is 5.06. The molecule has 17 heavy (non-hydrogen) atoms. The molecule has 0 heterocycles. The maximum absolute atomic E-state index is 5.75. The van der Waals surface area contributed by atoms with Crippen molar-refractivity contribution in [1.82, 2.24) is 0 Å². The van der Waals surface area contributed by atoms with Gasteiger partial charge < -0.3 is 11.1 Å². The molecule has 0 aliphatic carbocycles. The van der Waals surface area contributed by atoms with Crippen LogP contribution in [0.25, 0.3) is 0 Å². The zero-order chi connectivity index (χ0) is 12.3. The topological polar surface area (TPSA) is 38.0 Å². The lowest BCUT2D eigenvalue weighted by molar-refractivity contribution is 1.14. The predicted molar refractivity (Wildman–Crippen MR) is 74.1 cm³/mol. The zero-order valence-corrected chi connectivity index (χ0v) is 10.3. The molecule has 0 bridgehead atoms. The highest BCUT2D eigenvalue weighted by Crippen LogP contribution is 2.19. The van der Waals surface area contributed by atoms with Gasteiger partial charge in [-0.05, 0) is 48.7 Å². The lowest BCUT2D eigenvalue weighted by Gasteiger charge is -2.11. The molecule has 0 atom stereocenters. The van der Waals surface area contributed by atoms with Crippen LogP contribution in [-0.4, -0.2) is 0 Å². The van der Waals surface area contributed by atoms with Crippen molar-refractivity contribution in [2.75, 3.05) is 11.1 Å². The normalized spacial score (nSPS) is 10.2. The van der Waals surface area contributed by atoms with E-state index in [9.17, 15) is 0 Å². The molecule has 3 N–H and O–H groups in total. The molecule has 2 heteroatoms.